The summed E-state index contributed by atoms with van der Waals surface area (Å²) in [5.41, 5.74) is 0. The van der Waals surface area contributed by atoms with E-state index in [0.29, 0.717) is 19.0 Å². The fourth-order valence-corrected chi connectivity index (χ4v) is 2.45. The van der Waals surface area contributed by atoms with Crippen LogP contribution < -0.4 is 5.32 Å². The Hall–Kier alpha value is -1.47. The predicted molar refractivity (Wildman–Crippen MR) is 74.1 cm³/mol. The minimum Gasteiger partial charge on any atom is -0.378 e. The molecule has 1 fully saturated rings. The number of carbonyl (C=O) groups is 1. The van der Waals surface area contributed by atoms with Crippen molar-refractivity contribution in [2.45, 2.75) is 45.0 Å². The molecule has 7 nitrogen and oxygen atoms in total. The Morgan fingerprint density at radius 1 is 1.50 bits per heavy atom. The quantitative estimate of drug-likeness (QED) is 0.788. The number of nitrogens with one attached hydrogen (secondary N) is 1. The minimum atomic E-state index is 0.0261. The molecule has 0 unspecified atom stereocenters. The molecule has 1 aliphatic heterocycles. The van der Waals surface area contributed by atoms with Crippen molar-refractivity contribution in [3.8, 4) is 0 Å². The Morgan fingerprint density at radius 3 is 2.90 bits per heavy atom. The van der Waals surface area contributed by atoms with E-state index in [-0.39, 0.29) is 18.1 Å². The van der Waals surface area contributed by atoms with Crippen LogP contribution in [-0.4, -0.2) is 64.0 Å². The van der Waals surface area contributed by atoms with E-state index in [0.717, 1.165) is 13.1 Å². The van der Waals surface area contributed by atoms with Gasteiger partial charge in [-0.1, -0.05) is 0 Å². The fourth-order valence-electron chi connectivity index (χ4n) is 2.45. The summed E-state index contributed by atoms with van der Waals surface area (Å²) in [6.07, 6.45) is 3.54. The minimum absolute atomic E-state index is 0.0261. The Labute approximate surface area is 119 Å². The Bertz CT molecular complexity index is 420. The van der Waals surface area contributed by atoms with Gasteiger partial charge in [0.15, 0.2) is 0 Å². The molecule has 1 aromatic rings. The molecule has 2 atom stereocenters. The van der Waals surface area contributed by atoms with E-state index in [1.165, 1.54) is 6.33 Å². The number of aryl methyl sites for hydroxylation is 1. The predicted octanol–water partition coefficient (Wildman–Crippen LogP) is -0.108. The van der Waals surface area contributed by atoms with Crippen molar-refractivity contribution in [1.82, 2.24) is 25.0 Å². The van der Waals surface area contributed by atoms with Crippen LogP contribution in [0.25, 0.3) is 0 Å². The SMILES string of the molecule is CO[C@H]1CN(C(C)C)C[C@@H]1NC(=O)CCn1cncn1. The van der Waals surface area contributed by atoms with Gasteiger partial charge in [0, 0.05) is 32.7 Å². The highest BCUT2D eigenvalue weighted by Crippen LogP contribution is 2.15. The highest BCUT2D eigenvalue weighted by molar-refractivity contribution is 5.76. The first-order valence-corrected chi connectivity index (χ1v) is 6.98. The molecular weight excluding hydrogens is 258 g/mol. The molecular formula is C13H23N5O2. The second kappa shape index (κ2) is 6.81. The molecule has 1 aromatic heterocycles. The van der Waals surface area contributed by atoms with Crippen LogP contribution in [-0.2, 0) is 16.1 Å². The highest BCUT2D eigenvalue weighted by atomic mass is 16.5. The van der Waals surface area contributed by atoms with Crippen LogP contribution in [0.5, 0.6) is 0 Å². The number of methoxy groups -OCH3 is 1. The molecule has 1 aliphatic rings. The maximum absolute atomic E-state index is 12.0. The van der Waals surface area contributed by atoms with Gasteiger partial charge in [-0.15, -0.1) is 0 Å². The molecule has 2 heterocycles. The average Bonchev–Trinajstić information content (AvgIpc) is 3.05. The van der Waals surface area contributed by atoms with Gasteiger partial charge < -0.3 is 10.1 Å². The maximum Gasteiger partial charge on any atom is 0.222 e. The molecule has 0 aromatic carbocycles. The molecule has 1 N–H and O–H groups in total. The Morgan fingerprint density at radius 2 is 2.30 bits per heavy atom. The van der Waals surface area contributed by atoms with Gasteiger partial charge in [0.05, 0.1) is 18.7 Å². The lowest BCUT2D eigenvalue weighted by molar-refractivity contribution is -0.122. The van der Waals surface area contributed by atoms with Gasteiger partial charge in [0.1, 0.15) is 12.7 Å². The molecule has 1 saturated heterocycles. The first kappa shape index (κ1) is 14.9. The van der Waals surface area contributed by atoms with Crippen LogP contribution in [0.4, 0.5) is 0 Å². The summed E-state index contributed by atoms with van der Waals surface area (Å²) >= 11 is 0. The van der Waals surface area contributed by atoms with Gasteiger partial charge in [-0.2, -0.15) is 5.10 Å². The van der Waals surface area contributed by atoms with E-state index >= 15 is 0 Å². The number of hydrogen-bond acceptors (Lipinski definition) is 5. The van der Waals surface area contributed by atoms with Crippen molar-refractivity contribution in [3.63, 3.8) is 0 Å². The van der Waals surface area contributed by atoms with Crippen molar-refractivity contribution in [3.05, 3.63) is 12.7 Å². The molecule has 0 spiro atoms. The summed E-state index contributed by atoms with van der Waals surface area (Å²) in [7, 11) is 1.70. The lowest BCUT2D eigenvalue weighted by Crippen LogP contribution is -2.44. The first-order chi connectivity index (χ1) is 9.60. The summed E-state index contributed by atoms with van der Waals surface area (Å²) in [6.45, 7) is 6.56. The smallest absolute Gasteiger partial charge is 0.222 e. The summed E-state index contributed by atoms with van der Waals surface area (Å²) in [5.74, 6) is 0.0261. The van der Waals surface area contributed by atoms with Crippen molar-refractivity contribution >= 4 is 5.91 Å². The molecule has 2 rings (SSSR count). The molecule has 1 amide bonds. The second-order valence-electron chi connectivity index (χ2n) is 5.40. The van der Waals surface area contributed by atoms with E-state index in [1.54, 1.807) is 18.1 Å². The van der Waals surface area contributed by atoms with Gasteiger partial charge in [-0.05, 0) is 13.8 Å². The molecule has 20 heavy (non-hydrogen) atoms. The van der Waals surface area contributed by atoms with E-state index in [9.17, 15) is 4.79 Å². The first-order valence-electron chi connectivity index (χ1n) is 6.98. The van der Waals surface area contributed by atoms with E-state index in [1.807, 2.05) is 0 Å². The number of carbonyl (C=O) groups excluding carboxylic acids is 1. The number of likely N-dealkylation sites (tertiary alicyclic amines) is 1. The third kappa shape index (κ3) is 3.77. The molecule has 0 saturated carbocycles. The summed E-state index contributed by atoms with van der Waals surface area (Å²) in [4.78, 5) is 18.2. The summed E-state index contributed by atoms with van der Waals surface area (Å²) < 4.78 is 7.13. The monoisotopic (exact) mass is 281 g/mol. The van der Waals surface area contributed by atoms with Gasteiger partial charge in [-0.3, -0.25) is 14.4 Å². The number of aromatic nitrogens is 3. The lowest BCUT2D eigenvalue weighted by atomic mass is 10.2. The summed E-state index contributed by atoms with van der Waals surface area (Å²) in [6, 6.07) is 0.523. The van der Waals surface area contributed by atoms with Crippen molar-refractivity contribution < 1.29 is 9.53 Å². The zero-order chi connectivity index (χ0) is 14.5. The van der Waals surface area contributed by atoms with Crippen LogP contribution in [0.15, 0.2) is 12.7 Å². The number of amides is 1. The van der Waals surface area contributed by atoms with Crippen molar-refractivity contribution in [2.24, 2.45) is 0 Å². The van der Waals surface area contributed by atoms with Crippen LogP contribution in [0.3, 0.4) is 0 Å². The third-order valence-corrected chi connectivity index (χ3v) is 3.71. The van der Waals surface area contributed by atoms with E-state index < -0.39 is 0 Å². The lowest BCUT2D eigenvalue weighted by Gasteiger charge is -2.20. The molecule has 0 bridgehead atoms. The third-order valence-electron chi connectivity index (χ3n) is 3.71. The molecule has 0 radical (unpaired) electrons. The zero-order valence-electron chi connectivity index (χ0n) is 12.3. The molecule has 112 valence electrons. The van der Waals surface area contributed by atoms with E-state index in [4.69, 9.17) is 4.74 Å². The number of nitrogens with zero attached hydrogens (tertiary/aromatic N) is 4. The Kier molecular flexibility index (Phi) is 5.08. The van der Waals surface area contributed by atoms with Gasteiger partial charge >= 0.3 is 0 Å². The fraction of sp³-hybridized carbons (Fsp3) is 0.769. The highest BCUT2D eigenvalue weighted by Gasteiger charge is 2.34. The standard InChI is InChI=1S/C13H23N5O2/c1-10(2)17-6-11(12(7-17)20-3)16-13(19)4-5-18-9-14-8-15-18/h8-12H,4-7H2,1-3H3,(H,16,19)/t11-,12-/m0/s1. The topological polar surface area (TPSA) is 72.3 Å². The van der Waals surface area contributed by atoms with Crippen LogP contribution in [0.1, 0.15) is 20.3 Å². The largest absolute Gasteiger partial charge is 0.378 e. The average molecular weight is 281 g/mol. The molecule has 7 heteroatoms. The van der Waals surface area contributed by atoms with Crippen LogP contribution in [0, 0.1) is 0 Å². The zero-order valence-corrected chi connectivity index (χ0v) is 12.3. The normalized spacial score (nSPS) is 23.4. The Balaban J connectivity index is 1.80. The van der Waals surface area contributed by atoms with Crippen LogP contribution >= 0.6 is 0 Å². The number of hydrogen-bond donors (Lipinski definition) is 1. The second-order valence-corrected chi connectivity index (χ2v) is 5.40. The van der Waals surface area contributed by atoms with Gasteiger partial charge in [0.2, 0.25) is 5.91 Å². The molecule has 0 aliphatic carbocycles. The number of ether oxygens (including phenoxy) is 1. The van der Waals surface area contributed by atoms with Crippen molar-refractivity contribution in [1.29, 1.82) is 0 Å². The van der Waals surface area contributed by atoms with Crippen LogP contribution in [0.2, 0.25) is 0 Å². The summed E-state index contributed by atoms with van der Waals surface area (Å²) in [5, 5.41) is 7.04. The van der Waals surface area contributed by atoms with Gasteiger partial charge in [-0.25, -0.2) is 4.98 Å². The van der Waals surface area contributed by atoms with E-state index in [2.05, 4.69) is 34.1 Å². The number of rotatable bonds is 6. The van der Waals surface area contributed by atoms with Gasteiger partial charge in [0.25, 0.3) is 0 Å². The maximum atomic E-state index is 12.0. The van der Waals surface area contributed by atoms with Crippen molar-refractivity contribution in [2.75, 3.05) is 20.2 Å².